The number of fused-ring (bicyclic) bond motifs is 1. The monoisotopic (exact) mass is 360 g/mol. The molecule has 1 N–H and O–H groups in total. The SMILES string of the molecule is COc1ccc(C2CC(=O)c3c(cc(OC)c(O)c3OC)O2)cc1OC. The molecule has 138 valence electrons. The largest absolute Gasteiger partial charge is 0.502 e. The summed E-state index contributed by atoms with van der Waals surface area (Å²) < 4.78 is 26.9. The van der Waals surface area contributed by atoms with Crippen LogP contribution in [0.1, 0.15) is 28.4 Å². The zero-order valence-electron chi connectivity index (χ0n) is 15.0. The molecule has 3 rings (SSSR count). The van der Waals surface area contributed by atoms with Crippen LogP contribution in [0.2, 0.25) is 0 Å². The first kappa shape index (κ1) is 17.7. The van der Waals surface area contributed by atoms with E-state index in [4.69, 9.17) is 23.7 Å². The molecular weight excluding hydrogens is 340 g/mol. The Labute approximate surface area is 151 Å². The van der Waals surface area contributed by atoms with Crippen LogP contribution in [0.5, 0.6) is 34.5 Å². The Balaban J connectivity index is 2.04. The summed E-state index contributed by atoms with van der Waals surface area (Å²) in [5.41, 5.74) is 0.982. The number of Topliss-reactive ketones (excluding diaryl/α,β-unsaturated/α-hetero) is 1. The molecule has 26 heavy (non-hydrogen) atoms. The topological polar surface area (TPSA) is 83.5 Å². The molecule has 0 radical (unpaired) electrons. The molecule has 0 fully saturated rings. The summed E-state index contributed by atoms with van der Waals surface area (Å²) in [4.78, 5) is 12.7. The number of benzene rings is 2. The lowest BCUT2D eigenvalue weighted by Gasteiger charge is -2.28. The van der Waals surface area contributed by atoms with E-state index in [-0.39, 0.29) is 35.0 Å². The summed E-state index contributed by atoms with van der Waals surface area (Å²) in [5, 5.41) is 10.2. The third-order valence-electron chi connectivity index (χ3n) is 4.31. The molecule has 2 aromatic carbocycles. The van der Waals surface area contributed by atoms with Gasteiger partial charge in [-0.2, -0.15) is 0 Å². The molecule has 2 aromatic rings. The van der Waals surface area contributed by atoms with Gasteiger partial charge in [0.15, 0.2) is 28.8 Å². The van der Waals surface area contributed by atoms with Crippen LogP contribution in [-0.2, 0) is 0 Å². The summed E-state index contributed by atoms with van der Waals surface area (Å²) in [5.74, 6) is 1.24. The van der Waals surface area contributed by atoms with Gasteiger partial charge in [0.2, 0.25) is 5.75 Å². The third-order valence-corrected chi connectivity index (χ3v) is 4.31. The molecule has 7 heteroatoms. The molecule has 1 atom stereocenters. The second-order valence-electron chi connectivity index (χ2n) is 5.68. The van der Waals surface area contributed by atoms with E-state index in [1.54, 1.807) is 26.4 Å². The second-order valence-corrected chi connectivity index (χ2v) is 5.68. The van der Waals surface area contributed by atoms with Gasteiger partial charge in [0.1, 0.15) is 17.4 Å². The highest BCUT2D eigenvalue weighted by molar-refractivity contribution is 6.03. The molecule has 0 saturated heterocycles. The molecule has 1 aliphatic rings. The average Bonchev–Trinajstić information content (AvgIpc) is 2.67. The van der Waals surface area contributed by atoms with E-state index in [9.17, 15) is 9.90 Å². The van der Waals surface area contributed by atoms with Crippen LogP contribution < -0.4 is 23.7 Å². The van der Waals surface area contributed by atoms with Gasteiger partial charge in [-0.25, -0.2) is 0 Å². The van der Waals surface area contributed by atoms with Crippen LogP contribution in [0.15, 0.2) is 24.3 Å². The van der Waals surface area contributed by atoms with Crippen molar-refractivity contribution in [1.29, 1.82) is 0 Å². The summed E-state index contributed by atoms with van der Waals surface area (Å²) in [7, 11) is 5.89. The summed E-state index contributed by atoms with van der Waals surface area (Å²) in [6.45, 7) is 0. The van der Waals surface area contributed by atoms with Gasteiger partial charge in [0.05, 0.1) is 34.9 Å². The van der Waals surface area contributed by atoms with Gasteiger partial charge in [-0.15, -0.1) is 0 Å². The smallest absolute Gasteiger partial charge is 0.201 e. The normalized spacial score (nSPS) is 15.7. The van der Waals surface area contributed by atoms with Gasteiger partial charge in [-0.3, -0.25) is 4.79 Å². The van der Waals surface area contributed by atoms with Crippen LogP contribution >= 0.6 is 0 Å². The Hall–Kier alpha value is -3.09. The summed E-state index contributed by atoms with van der Waals surface area (Å²) >= 11 is 0. The zero-order chi connectivity index (χ0) is 18.8. The first-order valence-electron chi connectivity index (χ1n) is 7.93. The number of hydrogen-bond donors (Lipinski definition) is 1. The number of aromatic hydroxyl groups is 1. The van der Waals surface area contributed by atoms with Crippen LogP contribution in [0.25, 0.3) is 0 Å². The fourth-order valence-electron chi connectivity index (χ4n) is 3.02. The van der Waals surface area contributed by atoms with E-state index in [0.717, 1.165) is 5.56 Å². The van der Waals surface area contributed by atoms with E-state index in [1.165, 1.54) is 20.3 Å². The van der Waals surface area contributed by atoms with Crippen molar-refractivity contribution in [2.75, 3.05) is 28.4 Å². The minimum absolute atomic E-state index is 0.0510. The van der Waals surface area contributed by atoms with Crippen molar-refractivity contribution >= 4 is 5.78 Å². The highest BCUT2D eigenvalue weighted by Gasteiger charge is 2.34. The maximum atomic E-state index is 12.7. The number of ether oxygens (including phenoxy) is 5. The van der Waals surface area contributed by atoms with E-state index in [2.05, 4.69) is 0 Å². The van der Waals surface area contributed by atoms with Crippen molar-refractivity contribution in [3.05, 3.63) is 35.4 Å². The quantitative estimate of drug-likeness (QED) is 0.877. The predicted octanol–water partition coefficient (Wildman–Crippen LogP) is 3.13. The van der Waals surface area contributed by atoms with Gasteiger partial charge in [0, 0.05) is 6.07 Å². The lowest BCUT2D eigenvalue weighted by molar-refractivity contribution is 0.0842. The maximum Gasteiger partial charge on any atom is 0.201 e. The fraction of sp³-hybridized carbons (Fsp3) is 0.316. The summed E-state index contributed by atoms with van der Waals surface area (Å²) in [6, 6.07) is 6.84. The Morgan fingerprint density at radius 3 is 2.27 bits per heavy atom. The highest BCUT2D eigenvalue weighted by Crippen LogP contribution is 2.49. The van der Waals surface area contributed by atoms with Crippen molar-refractivity contribution in [2.24, 2.45) is 0 Å². The molecule has 0 spiro atoms. The third kappa shape index (κ3) is 2.85. The van der Waals surface area contributed by atoms with Crippen LogP contribution in [-0.4, -0.2) is 39.3 Å². The van der Waals surface area contributed by atoms with E-state index in [1.807, 2.05) is 6.07 Å². The number of phenolic OH excluding ortho intramolecular Hbond substituents is 1. The number of rotatable bonds is 5. The molecule has 7 nitrogen and oxygen atoms in total. The summed E-state index contributed by atoms with van der Waals surface area (Å²) in [6.07, 6.45) is -0.404. The lowest BCUT2D eigenvalue weighted by atomic mass is 9.95. The first-order chi connectivity index (χ1) is 12.5. The van der Waals surface area contributed by atoms with Gasteiger partial charge in [-0.05, 0) is 17.7 Å². The number of methoxy groups -OCH3 is 4. The second kappa shape index (κ2) is 7.03. The lowest BCUT2D eigenvalue weighted by Crippen LogP contribution is -2.21. The van der Waals surface area contributed by atoms with E-state index >= 15 is 0 Å². The number of carbonyl (C=O) groups excluding carboxylic acids is 1. The van der Waals surface area contributed by atoms with Gasteiger partial charge in [-0.1, -0.05) is 6.07 Å². The van der Waals surface area contributed by atoms with E-state index < -0.39 is 6.10 Å². The molecule has 0 saturated carbocycles. The average molecular weight is 360 g/mol. The standard InChI is InChI=1S/C19H20O7/c1-22-12-6-5-10(7-14(12)23-2)13-8-11(20)17-15(26-13)9-16(24-3)18(21)19(17)25-4/h5-7,9,13,21H,8H2,1-4H3. The molecule has 1 aliphatic heterocycles. The maximum absolute atomic E-state index is 12.7. The number of phenols is 1. The highest BCUT2D eigenvalue weighted by atomic mass is 16.5. The number of carbonyl (C=O) groups is 1. The van der Waals surface area contributed by atoms with Crippen molar-refractivity contribution in [2.45, 2.75) is 12.5 Å². The van der Waals surface area contributed by atoms with Gasteiger partial charge in [0.25, 0.3) is 0 Å². The molecule has 0 bridgehead atoms. The minimum Gasteiger partial charge on any atom is -0.502 e. The van der Waals surface area contributed by atoms with Crippen LogP contribution in [0.3, 0.4) is 0 Å². The van der Waals surface area contributed by atoms with Crippen molar-refractivity contribution < 1.29 is 33.6 Å². The van der Waals surface area contributed by atoms with Gasteiger partial charge < -0.3 is 28.8 Å². The predicted molar refractivity (Wildman–Crippen MR) is 93.1 cm³/mol. The number of ketones is 1. The first-order valence-corrected chi connectivity index (χ1v) is 7.93. The van der Waals surface area contributed by atoms with Crippen molar-refractivity contribution in [1.82, 2.24) is 0 Å². The molecule has 0 aromatic heterocycles. The van der Waals surface area contributed by atoms with Crippen LogP contribution in [0, 0.1) is 0 Å². The Morgan fingerprint density at radius 1 is 0.962 bits per heavy atom. The Morgan fingerprint density at radius 2 is 1.65 bits per heavy atom. The molecule has 0 aliphatic carbocycles. The van der Waals surface area contributed by atoms with Crippen molar-refractivity contribution in [3.8, 4) is 34.5 Å². The Bertz CT molecular complexity index is 844. The molecule has 1 unspecified atom stereocenters. The molecule has 1 heterocycles. The molecule has 0 amide bonds. The minimum atomic E-state index is -0.506. The zero-order valence-corrected chi connectivity index (χ0v) is 15.0. The molecular formula is C19H20O7. The van der Waals surface area contributed by atoms with Crippen LogP contribution in [0.4, 0.5) is 0 Å². The number of hydrogen-bond acceptors (Lipinski definition) is 7. The fourth-order valence-corrected chi connectivity index (χ4v) is 3.02. The van der Waals surface area contributed by atoms with Gasteiger partial charge >= 0.3 is 0 Å². The van der Waals surface area contributed by atoms with E-state index in [0.29, 0.717) is 17.2 Å². The van der Waals surface area contributed by atoms with Crippen molar-refractivity contribution in [3.63, 3.8) is 0 Å². The Kier molecular flexibility index (Phi) is 4.79.